The molecule has 0 aliphatic carbocycles. The summed E-state index contributed by atoms with van der Waals surface area (Å²) in [7, 11) is 0. The standard InChI is InChI=1S/C16H22FNO/c17-16-6-2-1-5-14(16)15-10-18-8-7-13(15)12-4-3-9-19-11-12/h1-2,5-6,12-13,15,18H,3-4,7-11H2. The van der Waals surface area contributed by atoms with Gasteiger partial charge in [-0.05, 0) is 49.3 Å². The quantitative estimate of drug-likeness (QED) is 0.886. The lowest BCUT2D eigenvalue weighted by atomic mass is 9.72. The van der Waals surface area contributed by atoms with Gasteiger partial charge < -0.3 is 10.1 Å². The average molecular weight is 263 g/mol. The Morgan fingerprint density at radius 2 is 2.11 bits per heavy atom. The van der Waals surface area contributed by atoms with Crippen molar-refractivity contribution in [2.24, 2.45) is 11.8 Å². The van der Waals surface area contributed by atoms with Gasteiger partial charge in [-0.25, -0.2) is 4.39 Å². The monoisotopic (exact) mass is 263 g/mol. The van der Waals surface area contributed by atoms with Gasteiger partial charge in [0.25, 0.3) is 0 Å². The van der Waals surface area contributed by atoms with E-state index in [-0.39, 0.29) is 5.82 Å². The molecule has 0 spiro atoms. The van der Waals surface area contributed by atoms with Crippen LogP contribution in [-0.2, 0) is 4.74 Å². The third-order valence-electron chi connectivity index (χ3n) is 4.64. The molecule has 19 heavy (non-hydrogen) atoms. The molecule has 0 bridgehead atoms. The van der Waals surface area contributed by atoms with Crippen molar-refractivity contribution in [3.63, 3.8) is 0 Å². The highest BCUT2D eigenvalue weighted by atomic mass is 19.1. The van der Waals surface area contributed by atoms with Gasteiger partial charge in [0.1, 0.15) is 5.82 Å². The summed E-state index contributed by atoms with van der Waals surface area (Å²) in [5, 5.41) is 3.42. The molecule has 1 aromatic rings. The summed E-state index contributed by atoms with van der Waals surface area (Å²) in [4.78, 5) is 0. The molecule has 0 aromatic heterocycles. The minimum absolute atomic E-state index is 0.0575. The Bertz CT molecular complexity index is 417. The van der Waals surface area contributed by atoms with Crippen molar-refractivity contribution in [3.05, 3.63) is 35.6 Å². The second kappa shape index (κ2) is 6.02. The zero-order chi connectivity index (χ0) is 13.1. The summed E-state index contributed by atoms with van der Waals surface area (Å²) in [5.41, 5.74) is 0.880. The Labute approximate surface area is 114 Å². The van der Waals surface area contributed by atoms with Gasteiger partial charge in [0.05, 0.1) is 0 Å². The molecule has 2 heterocycles. The summed E-state index contributed by atoms with van der Waals surface area (Å²) in [5.74, 6) is 1.39. The average Bonchev–Trinajstić information content (AvgIpc) is 2.49. The van der Waals surface area contributed by atoms with E-state index in [9.17, 15) is 4.39 Å². The van der Waals surface area contributed by atoms with Gasteiger partial charge in [-0.1, -0.05) is 18.2 Å². The molecule has 0 radical (unpaired) electrons. The minimum Gasteiger partial charge on any atom is -0.381 e. The van der Waals surface area contributed by atoms with Crippen LogP contribution in [0.2, 0.25) is 0 Å². The van der Waals surface area contributed by atoms with Crippen molar-refractivity contribution in [1.29, 1.82) is 0 Å². The smallest absolute Gasteiger partial charge is 0.126 e. The Morgan fingerprint density at radius 3 is 2.89 bits per heavy atom. The molecule has 104 valence electrons. The van der Waals surface area contributed by atoms with Crippen LogP contribution in [0.1, 0.15) is 30.7 Å². The van der Waals surface area contributed by atoms with Gasteiger partial charge in [-0.2, -0.15) is 0 Å². The van der Waals surface area contributed by atoms with E-state index in [1.165, 1.54) is 6.42 Å². The fraction of sp³-hybridized carbons (Fsp3) is 0.625. The highest BCUT2D eigenvalue weighted by Crippen LogP contribution is 2.38. The fourth-order valence-corrected chi connectivity index (χ4v) is 3.66. The molecule has 2 nitrogen and oxygen atoms in total. The maximum absolute atomic E-state index is 14.1. The Hall–Kier alpha value is -0.930. The summed E-state index contributed by atoms with van der Waals surface area (Å²) < 4.78 is 19.7. The lowest BCUT2D eigenvalue weighted by Gasteiger charge is -2.39. The third-order valence-corrected chi connectivity index (χ3v) is 4.64. The van der Waals surface area contributed by atoms with Gasteiger partial charge in [0, 0.05) is 25.7 Å². The summed E-state index contributed by atoms with van der Waals surface area (Å²) >= 11 is 0. The predicted octanol–water partition coefficient (Wildman–Crippen LogP) is 2.95. The lowest BCUT2D eigenvalue weighted by Crippen LogP contribution is -2.41. The van der Waals surface area contributed by atoms with E-state index < -0.39 is 0 Å². The molecule has 3 unspecified atom stereocenters. The maximum Gasteiger partial charge on any atom is 0.126 e. The van der Waals surface area contributed by atoms with E-state index in [0.717, 1.165) is 44.7 Å². The Morgan fingerprint density at radius 1 is 1.21 bits per heavy atom. The molecule has 3 rings (SSSR count). The van der Waals surface area contributed by atoms with Crippen molar-refractivity contribution in [2.45, 2.75) is 25.2 Å². The van der Waals surface area contributed by atoms with Crippen molar-refractivity contribution in [3.8, 4) is 0 Å². The van der Waals surface area contributed by atoms with Crippen LogP contribution < -0.4 is 5.32 Å². The number of ether oxygens (including phenoxy) is 1. The third kappa shape index (κ3) is 2.82. The van der Waals surface area contributed by atoms with Gasteiger partial charge in [0.15, 0.2) is 0 Å². The highest BCUT2D eigenvalue weighted by Gasteiger charge is 2.34. The fourth-order valence-electron chi connectivity index (χ4n) is 3.66. The molecule has 1 N–H and O–H groups in total. The molecular formula is C16H22FNO. The first-order chi connectivity index (χ1) is 9.36. The SMILES string of the molecule is Fc1ccccc1C1CNCCC1C1CCCOC1. The molecule has 0 saturated carbocycles. The number of hydrogen-bond donors (Lipinski definition) is 1. The molecule has 2 aliphatic rings. The van der Waals surface area contributed by atoms with E-state index in [1.807, 2.05) is 12.1 Å². The van der Waals surface area contributed by atoms with Gasteiger partial charge in [0.2, 0.25) is 0 Å². The van der Waals surface area contributed by atoms with Crippen molar-refractivity contribution >= 4 is 0 Å². The van der Waals surface area contributed by atoms with Crippen LogP contribution in [-0.4, -0.2) is 26.3 Å². The van der Waals surface area contributed by atoms with Crippen molar-refractivity contribution < 1.29 is 9.13 Å². The van der Waals surface area contributed by atoms with Crippen molar-refractivity contribution in [1.82, 2.24) is 5.32 Å². The molecule has 0 amide bonds. The number of halogens is 1. The van der Waals surface area contributed by atoms with Crippen molar-refractivity contribution in [2.75, 3.05) is 26.3 Å². The summed E-state index contributed by atoms with van der Waals surface area (Å²) in [6.45, 7) is 3.69. The van der Waals surface area contributed by atoms with Gasteiger partial charge in [-0.15, -0.1) is 0 Å². The molecule has 2 saturated heterocycles. The first-order valence-electron chi connectivity index (χ1n) is 7.39. The first kappa shape index (κ1) is 13.1. The molecule has 1 aromatic carbocycles. The number of nitrogens with one attached hydrogen (secondary N) is 1. The molecular weight excluding hydrogens is 241 g/mol. The Kier molecular flexibility index (Phi) is 4.14. The van der Waals surface area contributed by atoms with E-state index in [0.29, 0.717) is 17.8 Å². The number of benzene rings is 1. The van der Waals surface area contributed by atoms with E-state index in [1.54, 1.807) is 12.1 Å². The Balaban J connectivity index is 1.82. The molecule has 2 aliphatic heterocycles. The van der Waals surface area contributed by atoms with E-state index in [2.05, 4.69) is 5.32 Å². The van der Waals surface area contributed by atoms with Crippen LogP contribution >= 0.6 is 0 Å². The minimum atomic E-state index is -0.0575. The number of piperidine rings is 1. The van der Waals surface area contributed by atoms with Crippen LogP contribution in [0.3, 0.4) is 0 Å². The van der Waals surface area contributed by atoms with Crippen LogP contribution in [0.15, 0.2) is 24.3 Å². The second-order valence-electron chi connectivity index (χ2n) is 5.76. The highest BCUT2D eigenvalue weighted by molar-refractivity contribution is 5.24. The van der Waals surface area contributed by atoms with Gasteiger partial charge in [-0.3, -0.25) is 0 Å². The maximum atomic E-state index is 14.1. The zero-order valence-corrected chi connectivity index (χ0v) is 11.3. The number of rotatable bonds is 2. The van der Waals surface area contributed by atoms with E-state index in [4.69, 9.17) is 4.74 Å². The summed E-state index contributed by atoms with van der Waals surface area (Å²) in [6.07, 6.45) is 3.52. The van der Waals surface area contributed by atoms with E-state index >= 15 is 0 Å². The lowest BCUT2D eigenvalue weighted by molar-refractivity contribution is 0.0182. The largest absolute Gasteiger partial charge is 0.381 e. The zero-order valence-electron chi connectivity index (χ0n) is 11.3. The normalized spacial score (nSPS) is 32.2. The molecule has 3 heteroatoms. The number of hydrogen-bond acceptors (Lipinski definition) is 2. The van der Waals surface area contributed by atoms with Crippen LogP contribution in [0, 0.1) is 17.7 Å². The predicted molar refractivity (Wildman–Crippen MR) is 73.7 cm³/mol. The first-order valence-corrected chi connectivity index (χ1v) is 7.39. The van der Waals surface area contributed by atoms with Crippen LogP contribution in [0.25, 0.3) is 0 Å². The summed E-state index contributed by atoms with van der Waals surface area (Å²) in [6, 6.07) is 7.25. The molecule has 2 fully saturated rings. The molecule has 3 atom stereocenters. The van der Waals surface area contributed by atoms with Crippen LogP contribution in [0.4, 0.5) is 4.39 Å². The van der Waals surface area contributed by atoms with Gasteiger partial charge >= 0.3 is 0 Å². The topological polar surface area (TPSA) is 21.3 Å². The van der Waals surface area contributed by atoms with Crippen LogP contribution in [0.5, 0.6) is 0 Å². The second-order valence-corrected chi connectivity index (χ2v) is 5.76.